The maximum atomic E-state index is 13.4. The molecule has 1 aliphatic heterocycles. The molecule has 2 aromatic rings. The molecule has 7 N–H and O–H groups in total. The van der Waals surface area contributed by atoms with Crippen LogP contribution in [0, 0.1) is 5.92 Å². The smallest absolute Gasteiger partial charge is 0.326 e. The molecule has 4 atom stereocenters. The molecule has 0 spiro atoms. The Bertz CT molecular complexity index is 1080. The molecule has 206 valence electrons. The van der Waals surface area contributed by atoms with Gasteiger partial charge in [0.2, 0.25) is 17.7 Å². The summed E-state index contributed by atoms with van der Waals surface area (Å²) in [4.78, 5) is 58.1. The highest BCUT2D eigenvalue weighted by molar-refractivity contribution is 5.94. The maximum Gasteiger partial charge on any atom is 0.326 e. The third-order valence-electron chi connectivity index (χ3n) is 6.32. The average Bonchev–Trinajstić information content (AvgIpc) is 3.58. The summed E-state index contributed by atoms with van der Waals surface area (Å²) in [6.07, 6.45) is 4.95. The van der Waals surface area contributed by atoms with Crippen LogP contribution in [0.3, 0.4) is 0 Å². The van der Waals surface area contributed by atoms with Gasteiger partial charge < -0.3 is 36.5 Å². The number of amides is 3. The van der Waals surface area contributed by atoms with Crippen LogP contribution in [0.5, 0.6) is 5.75 Å². The number of aliphatic carboxylic acids is 1. The molecule has 0 saturated carbocycles. The number of nitrogens with zero attached hydrogens (tertiary/aromatic N) is 1. The monoisotopic (exact) mass is 528 g/mol. The number of aromatic hydroxyl groups is 1. The Hall–Kier alpha value is -3.93. The lowest BCUT2D eigenvalue weighted by Crippen LogP contribution is -2.58. The first-order valence-corrected chi connectivity index (χ1v) is 12.7. The third kappa shape index (κ3) is 8.58. The van der Waals surface area contributed by atoms with Crippen molar-refractivity contribution in [1.29, 1.82) is 0 Å². The number of hydrogen-bond donors (Lipinski definition) is 7. The molecule has 3 rings (SSSR count). The second-order valence-electron chi connectivity index (χ2n) is 9.95. The number of rotatable bonds is 13. The predicted molar refractivity (Wildman–Crippen MR) is 138 cm³/mol. The second kappa shape index (κ2) is 13.6. The number of aromatic nitrogens is 2. The number of nitrogens with one attached hydrogen (secondary N) is 5. The zero-order valence-corrected chi connectivity index (χ0v) is 21.6. The van der Waals surface area contributed by atoms with Crippen LogP contribution < -0.4 is 21.3 Å². The van der Waals surface area contributed by atoms with Crippen molar-refractivity contribution in [2.24, 2.45) is 5.92 Å². The molecule has 1 fully saturated rings. The number of phenolic OH excluding ortho intramolecular Hbond substituents is 1. The van der Waals surface area contributed by atoms with Gasteiger partial charge in [-0.2, -0.15) is 0 Å². The molecule has 0 radical (unpaired) electrons. The van der Waals surface area contributed by atoms with E-state index in [0.717, 1.165) is 13.0 Å². The van der Waals surface area contributed by atoms with Gasteiger partial charge >= 0.3 is 5.97 Å². The van der Waals surface area contributed by atoms with Crippen LogP contribution in [0.15, 0.2) is 36.8 Å². The van der Waals surface area contributed by atoms with E-state index in [1.807, 2.05) is 13.8 Å². The number of phenols is 1. The van der Waals surface area contributed by atoms with Crippen molar-refractivity contribution < 1.29 is 29.4 Å². The molecule has 2 heterocycles. The Morgan fingerprint density at radius 1 is 1.00 bits per heavy atom. The minimum absolute atomic E-state index is 0.00338. The molecule has 1 aromatic carbocycles. The molecule has 3 amide bonds. The fourth-order valence-electron chi connectivity index (χ4n) is 4.32. The fraction of sp³-hybridized carbons (Fsp3) is 0.500. The van der Waals surface area contributed by atoms with Crippen LogP contribution in [-0.2, 0) is 32.0 Å². The number of carboxylic acid groups (broad SMARTS) is 1. The van der Waals surface area contributed by atoms with Gasteiger partial charge in [0.15, 0.2) is 0 Å². The van der Waals surface area contributed by atoms with Crippen molar-refractivity contribution in [3.63, 3.8) is 0 Å². The Labute approximate surface area is 221 Å². The van der Waals surface area contributed by atoms with Crippen LogP contribution >= 0.6 is 0 Å². The van der Waals surface area contributed by atoms with Crippen molar-refractivity contribution in [2.45, 2.75) is 70.1 Å². The van der Waals surface area contributed by atoms with Crippen molar-refractivity contribution >= 4 is 23.7 Å². The van der Waals surface area contributed by atoms with Gasteiger partial charge in [0, 0.05) is 24.7 Å². The average molecular weight is 529 g/mol. The standard InChI is InChI=1S/C26H36N6O6/c1-15(2)10-20(24(35)32-22(26(37)38)11-16-5-7-18(33)8-6-16)30-25(36)21(12-17-13-27-14-29-17)31-23(34)19-4-3-9-28-19/h5-8,13-15,19-22,28,33H,3-4,9-12H2,1-2H3,(H,27,29)(H,30,36)(H,31,34)(H,32,35)(H,37,38). The van der Waals surface area contributed by atoms with Gasteiger partial charge in [-0.3, -0.25) is 14.4 Å². The molecule has 0 aliphatic carbocycles. The zero-order chi connectivity index (χ0) is 27.7. The van der Waals surface area contributed by atoms with Crippen molar-refractivity contribution in [3.8, 4) is 5.75 Å². The molecule has 1 saturated heterocycles. The molecule has 4 unspecified atom stereocenters. The maximum absolute atomic E-state index is 13.4. The number of benzene rings is 1. The zero-order valence-electron chi connectivity index (χ0n) is 21.6. The molecule has 12 heteroatoms. The van der Waals surface area contributed by atoms with E-state index < -0.39 is 42.0 Å². The number of H-pyrrole nitrogens is 1. The summed E-state index contributed by atoms with van der Waals surface area (Å²) in [5, 5.41) is 30.3. The van der Waals surface area contributed by atoms with E-state index in [9.17, 15) is 29.4 Å². The highest BCUT2D eigenvalue weighted by Gasteiger charge is 2.32. The van der Waals surface area contributed by atoms with E-state index in [1.165, 1.54) is 18.5 Å². The topological polar surface area (TPSA) is 186 Å². The van der Waals surface area contributed by atoms with Gasteiger partial charge in [-0.25, -0.2) is 9.78 Å². The van der Waals surface area contributed by atoms with E-state index in [4.69, 9.17) is 0 Å². The highest BCUT2D eigenvalue weighted by atomic mass is 16.4. The summed E-state index contributed by atoms with van der Waals surface area (Å²) in [5.74, 6) is -2.67. The lowest BCUT2D eigenvalue weighted by molar-refractivity contribution is -0.142. The van der Waals surface area contributed by atoms with E-state index in [0.29, 0.717) is 17.7 Å². The number of imidazole rings is 1. The minimum atomic E-state index is -1.24. The lowest BCUT2D eigenvalue weighted by atomic mass is 10.0. The van der Waals surface area contributed by atoms with Crippen molar-refractivity contribution in [3.05, 3.63) is 48.0 Å². The Kier molecular flexibility index (Phi) is 10.2. The number of carbonyl (C=O) groups is 4. The van der Waals surface area contributed by atoms with E-state index >= 15 is 0 Å². The van der Waals surface area contributed by atoms with Crippen LogP contribution in [0.1, 0.15) is 44.4 Å². The number of aromatic amines is 1. The summed E-state index contributed by atoms with van der Waals surface area (Å²) in [5.41, 5.74) is 1.25. The fourth-order valence-corrected chi connectivity index (χ4v) is 4.32. The summed E-state index contributed by atoms with van der Waals surface area (Å²) >= 11 is 0. The lowest BCUT2D eigenvalue weighted by Gasteiger charge is -2.26. The SMILES string of the molecule is CC(C)CC(NC(=O)C(Cc1cnc[nH]1)NC(=O)C1CCCN1)C(=O)NC(Cc1ccc(O)cc1)C(=O)O. The molecule has 1 aromatic heterocycles. The normalized spacial score (nSPS) is 17.4. The van der Waals surface area contributed by atoms with Crippen molar-refractivity contribution in [2.75, 3.05) is 6.54 Å². The van der Waals surface area contributed by atoms with E-state index in [1.54, 1.807) is 18.3 Å². The summed E-state index contributed by atoms with van der Waals surface area (Å²) < 4.78 is 0. The molecular formula is C26H36N6O6. The number of hydrogen-bond acceptors (Lipinski definition) is 7. The van der Waals surface area contributed by atoms with Gasteiger partial charge in [-0.1, -0.05) is 26.0 Å². The molecule has 1 aliphatic rings. The highest BCUT2D eigenvalue weighted by Crippen LogP contribution is 2.13. The van der Waals surface area contributed by atoms with Crippen LogP contribution in [0.2, 0.25) is 0 Å². The quantitative estimate of drug-likeness (QED) is 0.193. The number of carboxylic acids is 1. The summed E-state index contributed by atoms with van der Waals surface area (Å²) in [7, 11) is 0. The Morgan fingerprint density at radius 3 is 2.26 bits per heavy atom. The van der Waals surface area contributed by atoms with E-state index in [2.05, 4.69) is 31.2 Å². The molecule has 0 bridgehead atoms. The summed E-state index contributed by atoms with van der Waals surface area (Å²) in [6, 6.07) is 2.40. The Morgan fingerprint density at radius 2 is 1.68 bits per heavy atom. The van der Waals surface area contributed by atoms with Crippen LogP contribution in [-0.4, -0.2) is 74.6 Å². The molecule has 12 nitrogen and oxygen atoms in total. The Balaban J connectivity index is 1.72. The third-order valence-corrected chi connectivity index (χ3v) is 6.32. The van der Waals surface area contributed by atoms with Gasteiger partial charge in [0.25, 0.3) is 0 Å². The van der Waals surface area contributed by atoms with E-state index in [-0.39, 0.29) is 36.8 Å². The van der Waals surface area contributed by atoms with Crippen LogP contribution in [0.4, 0.5) is 0 Å². The van der Waals surface area contributed by atoms with Gasteiger partial charge in [0.1, 0.15) is 23.9 Å². The van der Waals surface area contributed by atoms with Gasteiger partial charge in [-0.15, -0.1) is 0 Å². The molecular weight excluding hydrogens is 492 g/mol. The van der Waals surface area contributed by atoms with Crippen molar-refractivity contribution in [1.82, 2.24) is 31.2 Å². The minimum Gasteiger partial charge on any atom is -0.508 e. The molecule has 38 heavy (non-hydrogen) atoms. The predicted octanol–water partition coefficient (Wildman–Crippen LogP) is 0.238. The van der Waals surface area contributed by atoms with Gasteiger partial charge in [-0.05, 0) is 49.4 Å². The second-order valence-corrected chi connectivity index (χ2v) is 9.95. The first-order valence-electron chi connectivity index (χ1n) is 12.7. The first kappa shape index (κ1) is 28.6. The van der Waals surface area contributed by atoms with Crippen LogP contribution in [0.25, 0.3) is 0 Å². The summed E-state index contributed by atoms with van der Waals surface area (Å²) in [6.45, 7) is 4.49. The largest absolute Gasteiger partial charge is 0.508 e. The number of carbonyl (C=O) groups excluding carboxylic acids is 3. The first-order chi connectivity index (χ1) is 18.1. The van der Waals surface area contributed by atoms with Gasteiger partial charge in [0.05, 0.1) is 12.4 Å².